The summed E-state index contributed by atoms with van der Waals surface area (Å²) in [5.74, 6) is -0.0462. The molecule has 0 aliphatic rings. The van der Waals surface area contributed by atoms with Gasteiger partial charge in [0.2, 0.25) is 0 Å². The lowest BCUT2D eigenvalue weighted by molar-refractivity contribution is -0.131. The topological polar surface area (TPSA) is 96.2 Å². The van der Waals surface area contributed by atoms with Gasteiger partial charge in [0.25, 0.3) is 0 Å². The molecule has 0 aromatic heterocycles. The molecular formula is C19H20O6. The third-order valence-electron chi connectivity index (χ3n) is 3.06. The number of phenols is 2. The minimum Gasteiger partial charge on any atom is -0.504 e. The standard InChI is InChI=1S/C10H10O4.C9H10O2/c1-14-9-6-7(2-4-8(9)11)3-5-10(12)13;1-3-7-4-5-8(10)9(6-7)11-2/h2-6,11H,1H3,(H,12,13);3-6,10H,1H2,2H3/b5-3+;. The Morgan fingerprint density at radius 2 is 1.44 bits per heavy atom. The Hall–Kier alpha value is -3.41. The first kappa shape index (κ1) is 19.6. The van der Waals surface area contributed by atoms with E-state index in [0.717, 1.165) is 11.6 Å². The van der Waals surface area contributed by atoms with Gasteiger partial charge in [-0.2, -0.15) is 0 Å². The maximum absolute atomic E-state index is 10.2. The summed E-state index contributed by atoms with van der Waals surface area (Å²) in [5.41, 5.74) is 1.58. The van der Waals surface area contributed by atoms with Crippen LogP contribution < -0.4 is 9.47 Å². The van der Waals surface area contributed by atoms with Gasteiger partial charge in [-0.1, -0.05) is 24.8 Å². The molecule has 2 rings (SSSR count). The smallest absolute Gasteiger partial charge is 0.328 e. The quantitative estimate of drug-likeness (QED) is 0.718. The maximum Gasteiger partial charge on any atom is 0.328 e. The van der Waals surface area contributed by atoms with Gasteiger partial charge in [-0.15, -0.1) is 0 Å². The molecule has 0 heterocycles. The first-order valence-electron chi connectivity index (χ1n) is 7.18. The average molecular weight is 344 g/mol. The molecule has 3 N–H and O–H groups in total. The number of rotatable bonds is 5. The van der Waals surface area contributed by atoms with Crippen LogP contribution in [-0.4, -0.2) is 35.5 Å². The molecule has 2 aromatic rings. The van der Waals surface area contributed by atoms with Crippen LogP contribution in [0.5, 0.6) is 23.0 Å². The number of carbonyl (C=O) groups is 1. The molecule has 0 unspecified atom stereocenters. The van der Waals surface area contributed by atoms with Crippen LogP contribution in [0.15, 0.2) is 49.1 Å². The molecule has 0 aliphatic carbocycles. The number of benzene rings is 2. The van der Waals surface area contributed by atoms with E-state index >= 15 is 0 Å². The summed E-state index contributed by atoms with van der Waals surface area (Å²) < 4.78 is 9.75. The van der Waals surface area contributed by atoms with Gasteiger partial charge in [-0.05, 0) is 41.5 Å². The van der Waals surface area contributed by atoms with Gasteiger partial charge < -0.3 is 24.8 Å². The molecule has 0 fully saturated rings. The minimum atomic E-state index is -1.02. The Morgan fingerprint density at radius 3 is 1.88 bits per heavy atom. The Labute approximate surface area is 145 Å². The Morgan fingerprint density at radius 1 is 0.960 bits per heavy atom. The summed E-state index contributed by atoms with van der Waals surface area (Å²) in [6.07, 6.45) is 4.14. The normalized spacial score (nSPS) is 9.84. The van der Waals surface area contributed by atoms with Crippen molar-refractivity contribution in [2.24, 2.45) is 0 Å². The summed E-state index contributed by atoms with van der Waals surface area (Å²) in [6.45, 7) is 3.60. The van der Waals surface area contributed by atoms with Gasteiger partial charge >= 0.3 is 5.97 Å². The van der Waals surface area contributed by atoms with Crippen molar-refractivity contribution in [3.63, 3.8) is 0 Å². The predicted octanol–water partition coefficient (Wildman–Crippen LogP) is 3.54. The maximum atomic E-state index is 10.2. The van der Waals surface area contributed by atoms with Crippen molar-refractivity contribution >= 4 is 18.1 Å². The average Bonchev–Trinajstić information content (AvgIpc) is 2.62. The van der Waals surface area contributed by atoms with E-state index in [1.807, 2.05) is 0 Å². The van der Waals surface area contributed by atoms with Gasteiger partial charge in [0.05, 0.1) is 14.2 Å². The number of phenolic OH excluding ortho intramolecular Hbond substituents is 2. The molecule has 0 amide bonds. The second-order valence-electron chi connectivity index (χ2n) is 4.74. The first-order chi connectivity index (χ1) is 11.9. The highest BCUT2D eigenvalue weighted by molar-refractivity contribution is 5.85. The minimum absolute atomic E-state index is 0.0278. The summed E-state index contributed by atoms with van der Waals surface area (Å²) in [6, 6.07) is 9.66. The fourth-order valence-electron chi connectivity index (χ4n) is 1.79. The van der Waals surface area contributed by atoms with E-state index in [0.29, 0.717) is 17.1 Å². The van der Waals surface area contributed by atoms with Gasteiger partial charge in [0.15, 0.2) is 23.0 Å². The van der Waals surface area contributed by atoms with Crippen LogP contribution in [0.1, 0.15) is 11.1 Å². The molecule has 6 nitrogen and oxygen atoms in total. The fraction of sp³-hybridized carbons (Fsp3) is 0.105. The lowest BCUT2D eigenvalue weighted by Gasteiger charge is -2.03. The molecule has 0 aliphatic heterocycles. The van der Waals surface area contributed by atoms with Gasteiger partial charge in [-0.3, -0.25) is 0 Å². The molecule has 0 bridgehead atoms. The van der Waals surface area contributed by atoms with E-state index in [4.69, 9.17) is 14.6 Å². The van der Waals surface area contributed by atoms with Crippen LogP contribution in [0, 0.1) is 0 Å². The third-order valence-corrected chi connectivity index (χ3v) is 3.06. The van der Waals surface area contributed by atoms with E-state index in [2.05, 4.69) is 6.58 Å². The summed E-state index contributed by atoms with van der Waals surface area (Å²) in [4.78, 5) is 10.2. The highest BCUT2D eigenvalue weighted by Crippen LogP contribution is 2.27. The number of ether oxygens (including phenoxy) is 2. The number of hydrogen-bond donors (Lipinski definition) is 3. The number of aliphatic carboxylic acids is 1. The van der Waals surface area contributed by atoms with Gasteiger partial charge in [-0.25, -0.2) is 4.79 Å². The van der Waals surface area contributed by atoms with Crippen LogP contribution in [-0.2, 0) is 4.79 Å². The second-order valence-corrected chi connectivity index (χ2v) is 4.74. The zero-order chi connectivity index (χ0) is 18.8. The summed E-state index contributed by atoms with van der Waals surface area (Å²) in [5, 5.41) is 26.8. The van der Waals surface area contributed by atoms with E-state index < -0.39 is 5.97 Å². The second kappa shape index (κ2) is 9.67. The van der Waals surface area contributed by atoms with E-state index in [1.54, 1.807) is 36.4 Å². The highest BCUT2D eigenvalue weighted by Gasteiger charge is 2.00. The monoisotopic (exact) mass is 344 g/mol. The molecule has 0 atom stereocenters. The molecule has 25 heavy (non-hydrogen) atoms. The zero-order valence-electron chi connectivity index (χ0n) is 14.0. The number of carboxylic acid groups (broad SMARTS) is 1. The van der Waals surface area contributed by atoms with Crippen molar-refractivity contribution in [1.82, 2.24) is 0 Å². The summed E-state index contributed by atoms with van der Waals surface area (Å²) in [7, 11) is 2.95. The zero-order valence-corrected chi connectivity index (χ0v) is 14.0. The molecule has 0 radical (unpaired) electrons. The van der Waals surface area contributed by atoms with Gasteiger partial charge in [0.1, 0.15) is 0 Å². The van der Waals surface area contributed by atoms with Gasteiger partial charge in [0, 0.05) is 6.08 Å². The SMILES string of the molecule is C=Cc1ccc(O)c(OC)c1.COc1cc(/C=C/C(=O)O)ccc1O. The summed E-state index contributed by atoms with van der Waals surface area (Å²) >= 11 is 0. The number of aromatic hydroxyl groups is 2. The number of carboxylic acids is 1. The van der Waals surface area contributed by atoms with Crippen molar-refractivity contribution < 1.29 is 29.6 Å². The number of hydrogen-bond acceptors (Lipinski definition) is 5. The highest BCUT2D eigenvalue weighted by atomic mass is 16.5. The van der Waals surface area contributed by atoms with E-state index in [9.17, 15) is 15.0 Å². The van der Waals surface area contributed by atoms with Crippen molar-refractivity contribution in [3.8, 4) is 23.0 Å². The largest absolute Gasteiger partial charge is 0.504 e. The Bertz CT molecular complexity index is 765. The van der Waals surface area contributed by atoms with Crippen LogP contribution in [0.4, 0.5) is 0 Å². The van der Waals surface area contributed by atoms with Crippen LogP contribution in [0.25, 0.3) is 12.2 Å². The molecular weight excluding hydrogens is 324 g/mol. The van der Waals surface area contributed by atoms with Crippen LogP contribution >= 0.6 is 0 Å². The van der Waals surface area contributed by atoms with E-state index in [1.165, 1.54) is 26.4 Å². The Kier molecular flexibility index (Phi) is 7.59. The molecule has 132 valence electrons. The fourth-order valence-corrected chi connectivity index (χ4v) is 1.79. The molecule has 0 saturated heterocycles. The first-order valence-corrected chi connectivity index (χ1v) is 7.18. The lowest BCUT2D eigenvalue weighted by atomic mass is 10.2. The van der Waals surface area contributed by atoms with Crippen molar-refractivity contribution in [2.75, 3.05) is 14.2 Å². The molecule has 2 aromatic carbocycles. The Balaban J connectivity index is 0.000000257. The van der Waals surface area contributed by atoms with Crippen LogP contribution in [0.2, 0.25) is 0 Å². The molecule has 0 saturated carbocycles. The molecule has 0 spiro atoms. The van der Waals surface area contributed by atoms with E-state index in [-0.39, 0.29) is 11.5 Å². The van der Waals surface area contributed by atoms with Crippen molar-refractivity contribution in [3.05, 3.63) is 60.2 Å². The van der Waals surface area contributed by atoms with Crippen molar-refractivity contribution in [2.45, 2.75) is 0 Å². The van der Waals surface area contributed by atoms with Crippen molar-refractivity contribution in [1.29, 1.82) is 0 Å². The predicted molar refractivity (Wildman–Crippen MR) is 96.1 cm³/mol. The lowest BCUT2D eigenvalue weighted by Crippen LogP contribution is -1.87. The molecule has 6 heteroatoms. The number of methoxy groups -OCH3 is 2. The van der Waals surface area contributed by atoms with Crippen LogP contribution in [0.3, 0.4) is 0 Å². The third kappa shape index (κ3) is 6.31.